The van der Waals surface area contributed by atoms with Crippen LogP contribution in [-0.2, 0) is 0 Å². The predicted octanol–water partition coefficient (Wildman–Crippen LogP) is 2.83. The van der Waals surface area contributed by atoms with Crippen molar-refractivity contribution in [1.82, 2.24) is 10.2 Å². The Hall–Kier alpha value is -1.06. The predicted molar refractivity (Wildman–Crippen MR) is 79.7 cm³/mol. The first-order chi connectivity index (χ1) is 9.10. The van der Waals surface area contributed by atoms with Crippen molar-refractivity contribution >= 4 is 0 Å². The smallest absolute Gasteiger partial charge is 0.118 e. The van der Waals surface area contributed by atoms with E-state index in [1.807, 2.05) is 12.1 Å². The second-order valence-corrected chi connectivity index (χ2v) is 5.74. The fourth-order valence-corrected chi connectivity index (χ4v) is 2.73. The van der Waals surface area contributed by atoms with Crippen LogP contribution in [0, 0.1) is 0 Å². The maximum Gasteiger partial charge on any atom is 0.118 e. The molecule has 0 aromatic heterocycles. The van der Waals surface area contributed by atoms with Crippen molar-refractivity contribution < 1.29 is 4.74 Å². The van der Waals surface area contributed by atoms with Crippen molar-refractivity contribution in [2.24, 2.45) is 0 Å². The van der Waals surface area contributed by atoms with Gasteiger partial charge in [0.05, 0.1) is 7.11 Å². The third kappa shape index (κ3) is 3.71. The third-order valence-corrected chi connectivity index (χ3v) is 4.05. The van der Waals surface area contributed by atoms with Gasteiger partial charge in [0.15, 0.2) is 0 Å². The number of hydrogen-bond acceptors (Lipinski definition) is 3. The lowest BCUT2D eigenvalue weighted by Gasteiger charge is -2.23. The van der Waals surface area contributed by atoms with Gasteiger partial charge in [-0.05, 0) is 51.4 Å². The van der Waals surface area contributed by atoms with Gasteiger partial charge in [-0.1, -0.05) is 12.1 Å². The van der Waals surface area contributed by atoms with Crippen molar-refractivity contribution in [2.45, 2.75) is 45.3 Å². The molecule has 0 spiro atoms. The molecule has 1 fully saturated rings. The molecule has 2 atom stereocenters. The molecule has 1 aliphatic rings. The SMILES string of the molecule is COc1ccc([C@@H](C)NC2CCN(C(C)C)C2)cc1. The highest BCUT2D eigenvalue weighted by molar-refractivity contribution is 5.28. The zero-order valence-electron chi connectivity index (χ0n) is 12.5. The maximum absolute atomic E-state index is 5.20. The van der Waals surface area contributed by atoms with E-state index in [4.69, 9.17) is 4.74 Å². The Morgan fingerprint density at radius 3 is 2.42 bits per heavy atom. The maximum atomic E-state index is 5.20. The van der Waals surface area contributed by atoms with E-state index >= 15 is 0 Å². The number of nitrogens with one attached hydrogen (secondary N) is 1. The van der Waals surface area contributed by atoms with E-state index in [2.05, 4.69) is 43.1 Å². The summed E-state index contributed by atoms with van der Waals surface area (Å²) in [5.41, 5.74) is 1.32. The molecule has 1 aromatic carbocycles. The lowest BCUT2D eigenvalue weighted by Crippen LogP contribution is -2.36. The first-order valence-corrected chi connectivity index (χ1v) is 7.24. The van der Waals surface area contributed by atoms with E-state index < -0.39 is 0 Å². The van der Waals surface area contributed by atoms with Crippen LogP contribution >= 0.6 is 0 Å². The Morgan fingerprint density at radius 2 is 1.89 bits per heavy atom. The first kappa shape index (κ1) is 14.4. The molecule has 19 heavy (non-hydrogen) atoms. The Kier molecular flexibility index (Phi) is 4.83. The summed E-state index contributed by atoms with van der Waals surface area (Å²) in [6.45, 7) is 9.16. The van der Waals surface area contributed by atoms with Crippen LogP contribution < -0.4 is 10.1 Å². The van der Waals surface area contributed by atoms with Gasteiger partial charge in [-0.25, -0.2) is 0 Å². The van der Waals surface area contributed by atoms with Crippen LogP contribution in [0.25, 0.3) is 0 Å². The van der Waals surface area contributed by atoms with Crippen LogP contribution in [0.2, 0.25) is 0 Å². The molecule has 0 bridgehead atoms. The lowest BCUT2D eigenvalue weighted by atomic mass is 10.1. The number of nitrogens with zero attached hydrogens (tertiary/aromatic N) is 1. The summed E-state index contributed by atoms with van der Waals surface area (Å²) >= 11 is 0. The minimum absolute atomic E-state index is 0.392. The van der Waals surface area contributed by atoms with E-state index in [1.165, 1.54) is 18.5 Å². The number of likely N-dealkylation sites (tertiary alicyclic amines) is 1. The Balaban J connectivity index is 1.88. The molecule has 1 aliphatic heterocycles. The minimum Gasteiger partial charge on any atom is -0.497 e. The van der Waals surface area contributed by atoms with E-state index in [9.17, 15) is 0 Å². The second kappa shape index (κ2) is 6.40. The van der Waals surface area contributed by atoms with Gasteiger partial charge in [-0.15, -0.1) is 0 Å². The molecule has 0 radical (unpaired) electrons. The van der Waals surface area contributed by atoms with Crippen LogP contribution in [0.5, 0.6) is 5.75 Å². The van der Waals surface area contributed by atoms with Gasteiger partial charge in [0.2, 0.25) is 0 Å². The molecule has 1 heterocycles. The molecular weight excluding hydrogens is 236 g/mol. The van der Waals surface area contributed by atoms with Gasteiger partial charge in [-0.2, -0.15) is 0 Å². The molecule has 0 amide bonds. The van der Waals surface area contributed by atoms with E-state index in [-0.39, 0.29) is 0 Å². The molecular formula is C16H26N2O. The van der Waals surface area contributed by atoms with Crippen LogP contribution in [0.3, 0.4) is 0 Å². The van der Waals surface area contributed by atoms with Gasteiger partial charge in [0, 0.05) is 24.7 Å². The van der Waals surface area contributed by atoms with Crippen molar-refractivity contribution in [3.63, 3.8) is 0 Å². The van der Waals surface area contributed by atoms with Crippen LogP contribution in [0.4, 0.5) is 0 Å². The second-order valence-electron chi connectivity index (χ2n) is 5.74. The number of benzene rings is 1. The summed E-state index contributed by atoms with van der Waals surface area (Å²) in [6.07, 6.45) is 1.25. The van der Waals surface area contributed by atoms with Gasteiger partial charge in [0.25, 0.3) is 0 Å². The molecule has 3 nitrogen and oxygen atoms in total. The first-order valence-electron chi connectivity index (χ1n) is 7.24. The Labute approximate surface area is 116 Å². The van der Waals surface area contributed by atoms with Crippen molar-refractivity contribution in [3.05, 3.63) is 29.8 Å². The monoisotopic (exact) mass is 262 g/mol. The highest BCUT2D eigenvalue weighted by Crippen LogP contribution is 2.20. The molecule has 1 N–H and O–H groups in total. The van der Waals surface area contributed by atoms with E-state index in [0.29, 0.717) is 18.1 Å². The van der Waals surface area contributed by atoms with Crippen molar-refractivity contribution in [3.8, 4) is 5.75 Å². The molecule has 1 unspecified atom stereocenters. The quantitative estimate of drug-likeness (QED) is 0.883. The fraction of sp³-hybridized carbons (Fsp3) is 0.625. The molecule has 3 heteroatoms. The highest BCUT2D eigenvalue weighted by atomic mass is 16.5. The van der Waals surface area contributed by atoms with Gasteiger partial charge in [-0.3, -0.25) is 4.90 Å². The fourth-order valence-electron chi connectivity index (χ4n) is 2.73. The number of hydrogen-bond donors (Lipinski definition) is 1. The van der Waals surface area contributed by atoms with E-state index in [0.717, 1.165) is 12.3 Å². The summed E-state index contributed by atoms with van der Waals surface area (Å²) in [5.74, 6) is 0.919. The van der Waals surface area contributed by atoms with Gasteiger partial charge < -0.3 is 10.1 Å². The number of rotatable bonds is 5. The van der Waals surface area contributed by atoms with Gasteiger partial charge in [0.1, 0.15) is 5.75 Å². The molecule has 0 aliphatic carbocycles. The highest BCUT2D eigenvalue weighted by Gasteiger charge is 2.25. The van der Waals surface area contributed by atoms with Crippen LogP contribution in [0.1, 0.15) is 38.8 Å². The summed E-state index contributed by atoms with van der Waals surface area (Å²) in [6, 6.07) is 10.0. The molecule has 106 valence electrons. The minimum atomic E-state index is 0.392. The number of methoxy groups -OCH3 is 1. The topological polar surface area (TPSA) is 24.5 Å². The normalized spacial score (nSPS) is 21.8. The summed E-state index contributed by atoms with van der Waals surface area (Å²) in [7, 11) is 1.70. The molecule has 1 aromatic rings. The van der Waals surface area contributed by atoms with Crippen molar-refractivity contribution in [2.75, 3.05) is 20.2 Å². The summed E-state index contributed by atoms with van der Waals surface area (Å²) in [4.78, 5) is 2.54. The van der Waals surface area contributed by atoms with E-state index in [1.54, 1.807) is 7.11 Å². The zero-order chi connectivity index (χ0) is 13.8. The molecule has 0 saturated carbocycles. The summed E-state index contributed by atoms with van der Waals surface area (Å²) < 4.78 is 5.20. The Morgan fingerprint density at radius 1 is 1.21 bits per heavy atom. The molecule has 2 rings (SSSR count). The largest absolute Gasteiger partial charge is 0.497 e. The van der Waals surface area contributed by atoms with Crippen LogP contribution in [0.15, 0.2) is 24.3 Å². The summed E-state index contributed by atoms with van der Waals surface area (Å²) in [5, 5.41) is 3.73. The molecule has 1 saturated heterocycles. The van der Waals surface area contributed by atoms with Gasteiger partial charge >= 0.3 is 0 Å². The third-order valence-electron chi connectivity index (χ3n) is 4.05. The van der Waals surface area contributed by atoms with Crippen molar-refractivity contribution in [1.29, 1.82) is 0 Å². The lowest BCUT2D eigenvalue weighted by molar-refractivity contribution is 0.266. The number of ether oxygens (including phenoxy) is 1. The van der Waals surface area contributed by atoms with Crippen LogP contribution in [-0.4, -0.2) is 37.2 Å². The Bertz CT molecular complexity index is 388. The average molecular weight is 262 g/mol. The standard InChI is InChI=1S/C16H26N2O/c1-12(2)18-10-9-15(11-18)17-13(3)14-5-7-16(19-4)8-6-14/h5-8,12-13,15,17H,9-11H2,1-4H3/t13-,15?/m1/s1. The average Bonchev–Trinajstić information content (AvgIpc) is 2.87. The zero-order valence-corrected chi connectivity index (χ0v) is 12.5.